The topological polar surface area (TPSA) is 66.8 Å². The predicted octanol–water partition coefficient (Wildman–Crippen LogP) is 1.96. The van der Waals surface area contributed by atoms with Crippen molar-refractivity contribution in [1.29, 1.82) is 0 Å². The molecule has 1 aromatic rings. The van der Waals surface area contributed by atoms with Crippen LogP contribution in [0.4, 0.5) is 0 Å². The summed E-state index contributed by atoms with van der Waals surface area (Å²) in [5.74, 6) is -1.07. The Bertz CT molecular complexity index is 445. The summed E-state index contributed by atoms with van der Waals surface area (Å²) < 4.78 is 5.40. The van der Waals surface area contributed by atoms with E-state index in [0.717, 1.165) is 12.0 Å². The van der Waals surface area contributed by atoms with Gasteiger partial charge in [0, 0.05) is 12.6 Å². The molecule has 0 radical (unpaired) electrons. The lowest BCUT2D eigenvalue weighted by atomic mass is 10.2. The summed E-state index contributed by atoms with van der Waals surface area (Å²) in [6.07, 6.45) is 0.707. The van der Waals surface area contributed by atoms with Crippen LogP contribution in [0.15, 0.2) is 30.3 Å². The molecule has 1 aromatic carbocycles. The minimum Gasteiger partial charge on any atom is -0.481 e. The number of ether oxygens (including phenoxy) is 1. The van der Waals surface area contributed by atoms with E-state index in [9.17, 15) is 9.59 Å². The molecule has 0 saturated heterocycles. The van der Waals surface area contributed by atoms with Crippen LogP contribution in [0.25, 0.3) is 0 Å². The van der Waals surface area contributed by atoms with E-state index in [1.54, 1.807) is 0 Å². The third kappa shape index (κ3) is 6.90. The van der Waals surface area contributed by atoms with Crippen molar-refractivity contribution in [2.24, 2.45) is 0 Å². The second kappa shape index (κ2) is 9.13. The Kier molecular flexibility index (Phi) is 7.46. The van der Waals surface area contributed by atoms with Gasteiger partial charge in [-0.2, -0.15) is 0 Å². The van der Waals surface area contributed by atoms with Gasteiger partial charge in [-0.3, -0.25) is 9.59 Å². The number of carbonyl (C=O) groups is 2. The smallest absolute Gasteiger partial charge is 0.305 e. The van der Waals surface area contributed by atoms with Crippen LogP contribution in [0.5, 0.6) is 0 Å². The van der Waals surface area contributed by atoms with Gasteiger partial charge in [0.2, 0.25) is 5.91 Å². The standard InChI is InChI=1S/C16H23NO4/c1-13(2)17(10-8-16(19)20)15(18)12-21-11-9-14-6-4-3-5-7-14/h3-7,13H,8-12H2,1-2H3,(H,19,20). The highest BCUT2D eigenvalue weighted by molar-refractivity contribution is 5.78. The monoisotopic (exact) mass is 293 g/mol. The molecule has 0 aliphatic heterocycles. The van der Waals surface area contributed by atoms with Crippen LogP contribution < -0.4 is 0 Å². The molecule has 0 fully saturated rings. The summed E-state index contributed by atoms with van der Waals surface area (Å²) in [4.78, 5) is 24.2. The molecule has 0 atom stereocenters. The molecular weight excluding hydrogens is 270 g/mol. The van der Waals surface area contributed by atoms with Gasteiger partial charge in [0.05, 0.1) is 13.0 Å². The first-order chi connectivity index (χ1) is 10.0. The summed E-state index contributed by atoms with van der Waals surface area (Å²) >= 11 is 0. The normalized spacial score (nSPS) is 10.6. The molecule has 116 valence electrons. The van der Waals surface area contributed by atoms with Gasteiger partial charge in [0.1, 0.15) is 6.61 Å². The van der Waals surface area contributed by atoms with Gasteiger partial charge in [-0.1, -0.05) is 30.3 Å². The molecule has 1 N–H and O–H groups in total. The summed E-state index contributed by atoms with van der Waals surface area (Å²) in [7, 11) is 0. The van der Waals surface area contributed by atoms with E-state index >= 15 is 0 Å². The molecule has 0 aliphatic rings. The fourth-order valence-electron chi connectivity index (χ4n) is 1.96. The predicted molar refractivity (Wildman–Crippen MR) is 80.1 cm³/mol. The number of nitrogens with zero attached hydrogens (tertiary/aromatic N) is 1. The molecule has 0 aromatic heterocycles. The minimum absolute atomic E-state index is 0.00929. The van der Waals surface area contributed by atoms with Crippen molar-refractivity contribution in [2.45, 2.75) is 32.7 Å². The fraction of sp³-hybridized carbons (Fsp3) is 0.500. The van der Waals surface area contributed by atoms with E-state index in [4.69, 9.17) is 9.84 Å². The molecule has 5 nitrogen and oxygen atoms in total. The lowest BCUT2D eigenvalue weighted by molar-refractivity contribution is -0.141. The maximum Gasteiger partial charge on any atom is 0.305 e. The van der Waals surface area contributed by atoms with Crippen LogP contribution in [0.3, 0.4) is 0 Å². The summed E-state index contributed by atoms with van der Waals surface area (Å²) in [6.45, 7) is 4.41. The van der Waals surface area contributed by atoms with Crippen molar-refractivity contribution in [3.8, 4) is 0 Å². The van der Waals surface area contributed by atoms with Crippen LogP contribution in [-0.4, -0.2) is 47.7 Å². The summed E-state index contributed by atoms with van der Waals surface area (Å²) in [6, 6.07) is 9.88. The van der Waals surface area contributed by atoms with E-state index in [1.165, 1.54) is 4.90 Å². The number of hydrogen-bond donors (Lipinski definition) is 1. The second-order valence-electron chi connectivity index (χ2n) is 5.11. The molecule has 0 unspecified atom stereocenters. The quantitative estimate of drug-likeness (QED) is 0.707. The molecule has 0 spiro atoms. The molecule has 1 rings (SSSR count). The van der Waals surface area contributed by atoms with Gasteiger partial charge in [-0.25, -0.2) is 0 Å². The number of carbonyl (C=O) groups excluding carboxylic acids is 1. The highest BCUT2D eigenvalue weighted by atomic mass is 16.5. The maximum absolute atomic E-state index is 12.0. The van der Waals surface area contributed by atoms with Gasteiger partial charge in [0.15, 0.2) is 0 Å². The molecule has 5 heteroatoms. The zero-order chi connectivity index (χ0) is 15.7. The number of carboxylic acids is 1. The molecule has 21 heavy (non-hydrogen) atoms. The molecule has 1 amide bonds. The largest absolute Gasteiger partial charge is 0.481 e. The molecule has 0 heterocycles. The Labute approximate surface area is 125 Å². The Hall–Kier alpha value is -1.88. The van der Waals surface area contributed by atoms with E-state index in [0.29, 0.717) is 6.61 Å². The molecular formula is C16H23NO4. The lowest BCUT2D eigenvalue weighted by Gasteiger charge is -2.26. The first-order valence-corrected chi connectivity index (χ1v) is 7.13. The van der Waals surface area contributed by atoms with E-state index in [1.807, 2.05) is 44.2 Å². The average Bonchev–Trinajstić information content (AvgIpc) is 2.44. The van der Waals surface area contributed by atoms with Crippen molar-refractivity contribution in [3.05, 3.63) is 35.9 Å². The van der Waals surface area contributed by atoms with Gasteiger partial charge >= 0.3 is 5.97 Å². The van der Waals surface area contributed by atoms with Gasteiger partial charge in [0.25, 0.3) is 0 Å². The van der Waals surface area contributed by atoms with Crippen LogP contribution in [0, 0.1) is 0 Å². The number of hydrogen-bond acceptors (Lipinski definition) is 3. The number of rotatable bonds is 9. The maximum atomic E-state index is 12.0. The summed E-state index contributed by atoms with van der Waals surface area (Å²) in [5, 5.41) is 8.70. The Balaban J connectivity index is 2.31. The van der Waals surface area contributed by atoms with Gasteiger partial charge in [-0.15, -0.1) is 0 Å². The van der Waals surface area contributed by atoms with Crippen LogP contribution >= 0.6 is 0 Å². The Morgan fingerprint density at radius 2 is 1.90 bits per heavy atom. The fourth-order valence-corrected chi connectivity index (χ4v) is 1.96. The summed E-state index contributed by atoms with van der Waals surface area (Å²) in [5.41, 5.74) is 1.16. The molecule has 0 aliphatic carbocycles. The van der Waals surface area contributed by atoms with E-state index < -0.39 is 5.97 Å². The van der Waals surface area contributed by atoms with Gasteiger partial charge in [-0.05, 0) is 25.8 Å². The van der Waals surface area contributed by atoms with Gasteiger partial charge < -0.3 is 14.7 Å². The SMILES string of the molecule is CC(C)N(CCC(=O)O)C(=O)COCCc1ccccc1. The number of amides is 1. The third-order valence-corrected chi connectivity index (χ3v) is 3.11. The van der Waals surface area contributed by atoms with Crippen molar-refractivity contribution < 1.29 is 19.4 Å². The number of aliphatic carboxylic acids is 1. The zero-order valence-corrected chi connectivity index (χ0v) is 12.6. The second-order valence-corrected chi connectivity index (χ2v) is 5.11. The number of benzene rings is 1. The van der Waals surface area contributed by atoms with E-state index in [2.05, 4.69) is 0 Å². The first kappa shape index (κ1) is 17.2. The van der Waals surface area contributed by atoms with Crippen molar-refractivity contribution >= 4 is 11.9 Å². The Morgan fingerprint density at radius 1 is 1.24 bits per heavy atom. The highest BCUT2D eigenvalue weighted by Gasteiger charge is 2.17. The van der Waals surface area contributed by atoms with Crippen molar-refractivity contribution in [2.75, 3.05) is 19.8 Å². The molecule has 0 saturated carbocycles. The Morgan fingerprint density at radius 3 is 2.48 bits per heavy atom. The van der Waals surface area contributed by atoms with Crippen LogP contribution in [0.1, 0.15) is 25.8 Å². The zero-order valence-electron chi connectivity index (χ0n) is 12.6. The van der Waals surface area contributed by atoms with Crippen molar-refractivity contribution in [1.82, 2.24) is 4.90 Å². The lowest BCUT2D eigenvalue weighted by Crippen LogP contribution is -2.40. The molecule has 0 bridgehead atoms. The average molecular weight is 293 g/mol. The minimum atomic E-state index is -0.904. The first-order valence-electron chi connectivity index (χ1n) is 7.13. The van der Waals surface area contributed by atoms with E-state index in [-0.39, 0.29) is 31.5 Å². The van der Waals surface area contributed by atoms with Crippen LogP contribution in [-0.2, 0) is 20.7 Å². The van der Waals surface area contributed by atoms with Crippen LogP contribution in [0.2, 0.25) is 0 Å². The number of carboxylic acid groups (broad SMARTS) is 1. The highest BCUT2D eigenvalue weighted by Crippen LogP contribution is 2.03. The van der Waals surface area contributed by atoms with Crippen molar-refractivity contribution in [3.63, 3.8) is 0 Å². The third-order valence-electron chi connectivity index (χ3n) is 3.11.